The monoisotopic (exact) mass is 1540 g/mol. The number of carbonyl (C=O) groups excluding carboxylic acids is 6. The van der Waals surface area contributed by atoms with E-state index in [0.717, 1.165) is 175 Å². The molecule has 116 heavy (non-hydrogen) atoms. The van der Waals surface area contributed by atoms with E-state index in [1.807, 2.05) is 121 Å². The third-order valence-corrected chi connectivity index (χ3v) is 24.5. The zero-order valence-corrected chi connectivity index (χ0v) is 64.8. The number of aryl methyl sites for hydroxylation is 1. The highest BCUT2D eigenvalue weighted by molar-refractivity contribution is 6.01. The van der Waals surface area contributed by atoms with Crippen molar-refractivity contribution in [2.24, 2.45) is 0 Å². The van der Waals surface area contributed by atoms with Gasteiger partial charge in [-0.15, -0.1) is 0 Å². The van der Waals surface area contributed by atoms with E-state index >= 15 is 0 Å². The number of imidazole rings is 3. The first kappa shape index (κ1) is 76.4. The fourth-order valence-electron chi connectivity index (χ4n) is 19.1. The number of amides is 3. The number of hydrogen-bond acceptors (Lipinski definition) is 18. The van der Waals surface area contributed by atoms with E-state index in [1.54, 1.807) is 63.9 Å². The van der Waals surface area contributed by atoms with E-state index < -0.39 is 5.82 Å². The van der Waals surface area contributed by atoms with Gasteiger partial charge in [0.05, 0.1) is 25.0 Å². The zero-order chi connectivity index (χ0) is 80.7. The van der Waals surface area contributed by atoms with Gasteiger partial charge in [0.2, 0.25) is 0 Å². The molecule has 18 rings (SSSR count). The van der Waals surface area contributed by atoms with Crippen LogP contribution in [0.4, 0.5) is 21.8 Å². The van der Waals surface area contributed by atoms with Crippen molar-refractivity contribution in [2.45, 2.75) is 176 Å². The lowest BCUT2D eigenvalue weighted by atomic mass is 9.83. The predicted octanol–water partition coefficient (Wildman–Crippen LogP) is 12.1. The Hall–Kier alpha value is -13.6. The molecule has 0 aliphatic heterocycles. The molecule has 24 nitrogen and oxygen atoms in total. The second kappa shape index (κ2) is 30.7. The molecule has 582 valence electrons. The number of carbonyl (C=O) groups is 6. The second-order valence-corrected chi connectivity index (χ2v) is 31.8. The first-order valence-corrected chi connectivity index (χ1v) is 39.0. The third-order valence-electron chi connectivity index (χ3n) is 24.5. The Morgan fingerprint density at radius 1 is 0.397 bits per heavy atom. The molecule has 0 spiro atoms. The number of pyridine rings is 3. The van der Waals surface area contributed by atoms with Crippen LogP contribution < -0.4 is 33.2 Å². The number of aromatic nitrogens is 12. The van der Waals surface area contributed by atoms with E-state index in [4.69, 9.17) is 32.2 Å². The van der Waals surface area contributed by atoms with Crippen LogP contribution in [0.3, 0.4) is 0 Å². The van der Waals surface area contributed by atoms with Crippen molar-refractivity contribution in [3.63, 3.8) is 0 Å². The highest BCUT2D eigenvalue weighted by atomic mass is 19.1. The molecule has 9 heterocycles. The molecule has 0 radical (unpaired) electrons. The van der Waals surface area contributed by atoms with Crippen LogP contribution in [-0.4, -0.2) is 110 Å². The van der Waals surface area contributed by atoms with Crippen molar-refractivity contribution >= 4 is 69.1 Å². The molecule has 0 atom stereocenters. The summed E-state index contributed by atoms with van der Waals surface area (Å²) in [5.41, 5.74) is 29.5. The van der Waals surface area contributed by atoms with Gasteiger partial charge in [0.15, 0.2) is 17.3 Å². The normalized spacial score (nSPS) is 21.6. The van der Waals surface area contributed by atoms with Crippen LogP contribution in [0.15, 0.2) is 171 Å². The number of nitrogens with two attached hydrogens (primary N) is 3. The van der Waals surface area contributed by atoms with Crippen LogP contribution in [0.2, 0.25) is 0 Å². The number of nitrogen functional groups attached to an aromatic ring is 3. The Bertz CT molecular complexity index is 5880. The summed E-state index contributed by atoms with van der Waals surface area (Å²) in [5.74, 6) is 18.7. The highest BCUT2D eigenvalue weighted by Crippen LogP contribution is 2.60. The average Bonchev–Trinajstić information content (AvgIpc) is 1.56. The number of fused-ring (bicyclic) bond motifs is 9. The number of hydrogen-bond donors (Lipinski definition) is 6. The first-order chi connectivity index (χ1) is 56.0. The van der Waals surface area contributed by atoms with Crippen molar-refractivity contribution in [1.82, 2.24) is 74.0 Å². The molecular weight excluding hydrogens is 1460 g/mol. The Balaban J connectivity index is 0.000000131. The SMILES string of the molecule is CC#CC(=O)NC12CCC(c3nc(-c4ccc(C(=O)Cc5cc(C)ccn5)cc4)c4c(N)nccn34)(CC1)C2.CC#CC(=O)NC12CCC(c3nc(-c4ccc(C(=O)Cc5cc(F)ccn5)cc4)c4c(N)nccn34)(CC1)C2.CC#CC(=O)NC12CCC(c3nc(-c4ccc(C(=O)Cc5ccccn5)cc4)c4c(N)nccn34)(CC1)C2. The van der Waals surface area contributed by atoms with Gasteiger partial charge >= 0.3 is 0 Å². The smallest absolute Gasteiger partial charge is 0.296 e. The van der Waals surface area contributed by atoms with Gasteiger partial charge in [0.25, 0.3) is 17.7 Å². The lowest BCUT2D eigenvalue weighted by Gasteiger charge is -2.27. The highest BCUT2D eigenvalue weighted by Gasteiger charge is 2.60. The van der Waals surface area contributed by atoms with Crippen LogP contribution in [0, 0.1) is 48.3 Å². The van der Waals surface area contributed by atoms with E-state index in [0.29, 0.717) is 45.5 Å². The maximum Gasteiger partial charge on any atom is 0.296 e. The zero-order valence-electron chi connectivity index (χ0n) is 64.8. The van der Waals surface area contributed by atoms with Gasteiger partial charge in [0.1, 0.15) is 74.4 Å². The molecule has 6 fully saturated rings. The van der Waals surface area contributed by atoms with Crippen molar-refractivity contribution in [3.05, 3.63) is 234 Å². The molecule has 6 bridgehead atoms. The van der Waals surface area contributed by atoms with Crippen LogP contribution in [0.5, 0.6) is 0 Å². The van der Waals surface area contributed by atoms with Crippen molar-refractivity contribution in [1.29, 1.82) is 0 Å². The maximum absolute atomic E-state index is 13.5. The Kier molecular flexibility index (Phi) is 20.2. The van der Waals surface area contributed by atoms with Crippen molar-refractivity contribution in [2.75, 3.05) is 17.2 Å². The van der Waals surface area contributed by atoms with E-state index in [-0.39, 0.29) is 87.2 Å². The van der Waals surface area contributed by atoms with Crippen LogP contribution in [0.25, 0.3) is 50.3 Å². The fourth-order valence-corrected chi connectivity index (χ4v) is 19.1. The minimum Gasteiger partial charge on any atom is -0.382 e. The summed E-state index contributed by atoms with van der Waals surface area (Å²) in [4.78, 5) is 117. The molecule has 6 saturated carbocycles. The quantitative estimate of drug-likeness (QED) is 0.0343. The topological polar surface area (TPSA) is 346 Å². The van der Waals surface area contributed by atoms with Crippen LogP contribution >= 0.6 is 0 Å². The van der Waals surface area contributed by atoms with E-state index in [9.17, 15) is 33.2 Å². The van der Waals surface area contributed by atoms with Gasteiger partial charge in [-0.3, -0.25) is 56.9 Å². The Morgan fingerprint density at radius 2 is 0.724 bits per heavy atom. The molecule has 9 N–H and O–H groups in total. The maximum atomic E-state index is 13.5. The number of nitrogens with one attached hydrogen (secondary N) is 3. The Labute approximate surface area is 669 Å². The third kappa shape index (κ3) is 14.6. The summed E-state index contributed by atoms with van der Waals surface area (Å²) in [5, 5.41) is 9.55. The van der Waals surface area contributed by atoms with Gasteiger partial charge in [0, 0.05) is 133 Å². The number of halogens is 1. The minimum atomic E-state index is -0.421. The number of anilines is 3. The first-order valence-electron chi connectivity index (χ1n) is 39.0. The fraction of sp³-hybridized carbons (Fsp3) is 0.308. The van der Waals surface area contributed by atoms with Gasteiger partial charge in [-0.25, -0.2) is 34.3 Å². The number of nitrogens with zero attached hydrogens (tertiary/aromatic N) is 12. The van der Waals surface area contributed by atoms with Gasteiger partial charge in [-0.05, 0) is 184 Å². The summed E-state index contributed by atoms with van der Waals surface area (Å²) >= 11 is 0. The van der Waals surface area contributed by atoms with E-state index in [1.165, 1.54) is 18.3 Å². The van der Waals surface area contributed by atoms with E-state index in [2.05, 4.69) is 90.2 Å². The summed E-state index contributed by atoms with van der Waals surface area (Å²) < 4.78 is 19.7. The van der Waals surface area contributed by atoms with Crippen LogP contribution in [0.1, 0.15) is 188 Å². The molecule has 0 unspecified atom stereocenters. The van der Waals surface area contributed by atoms with Gasteiger partial charge in [-0.1, -0.05) is 96.6 Å². The number of Topliss-reactive ketones (excluding diaryl/α,β-unsaturated/α-hetero) is 3. The molecular formula is C91H85FN18O6. The van der Waals surface area contributed by atoms with Crippen molar-refractivity contribution in [3.8, 4) is 69.3 Å². The lowest BCUT2D eigenvalue weighted by Crippen LogP contribution is -2.44. The summed E-state index contributed by atoms with van der Waals surface area (Å²) in [6.45, 7) is 6.99. The predicted molar refractivity (Wildman–Crippen MR) is 437 cm³/mol. The summed E-state index contributed by atoms with van der Waals surface area (Å²) in [7, 11) is 0. The molecule has 3 aromatic carbocycles. The Morgan fingerprint density at radius 3 is 1.04 bits per heavy atom. The second-order valence-electron chi connectivity index (χ2n) is 31.8. The number of ketones is 3. The average molecular weight is 1550 g/mol. The standard InChI is InChI=1S/C31H30N6O2.C30H27FN6O2.C30H28N6O2/c1-3-4-25(39)36-31-12-10-30(19-31,11-13-31)29-35-26(27-28(32)34-15-16-37(27)29)22-7-5-21(6-8-22)24(38)18-23-17-20(2)9-14-33-23;1-2-3-24(39)36-30-11-9-29(18-30,10-12-30)28-35-25(26-27(32)34-14-15-37(26)28)20-6-4-19(5-7-20)23(38)17-22-16-21(31)8-13-33-22;1-2-5-24(38)35-30-13-11-29(19-30,12-14-30)28-34-25(26-27(31)33-16-17-36(26)28)21-9-7-20(8-10-21)23(37)18-22-6-3-4-15-32-22/h5-9,14-17H,10-13,18-19H2,1-2H3,(H2,32,34)(H,36,39);4-8,13-16H,9-12,17-18H2,1H3,(H2,32,34)(H,36,39);3-4,6-10,15-17H,11-14,18-19H2,1H3,(H2,31,33)(H,35,38). The molecule has 3 amide bonds. The minimum absolute atomic E-state index is 0.00812. The van der Waals surface area contributed by atoms with Crippen molar-refractivity contribution < 1.29 is 33.2 Å². The van der Waals surface area contributed by atoms with Gasteiger partial charge in [-0.2, -0.15) is 0 Å². The molecule has 0 saturated heterocycles. The molecule has 6 aliphatic rings. The lowest BCUT2D eigenvalue weighted by molar-refractivity contribution is -0.118. The van der Waals surface area contributed by atoms with Gasteiger partial charge < -0.3 is 33.2 Å². The molecule has 6 aliphatic carbocycles. The largest absolute Gasteiger partial charge is 0.382 e. The molecule has 25 heteroatoms. The molecule has 12 aromatic rings. The number of rotatable bonds is 18. The molecule has 9 aromatic heterocycles. The number of benzene rings is 3. The summed E-state index contributed by atoms with van der Waals surface area (Å²) in [6, 6.07) is 34.1. The van der Waals surface area contributed by atoms with Crippen LogP contribution in [-0.2, 0) is 49.9 Å². The summed E-state index contributed by atoms with van der Waals surface area (Å²) in [6.07, 6.45) is 29.3.